The van der Waals surface area contributed by atoms with E-state index in [0.29, 0.717) is 6.54 Å². The highest BCUT2D eigenvalue weighted by molar-refractivity contribution is 14.0. The van der Waals surface area contributed by atoms with Crippen LogP contribution in [0.2, 0.25) is 0 Å². The van der Waals surface area contributed by atoms with E-state index < -0.39 is 0 Å². The molecule has 2 heterocycles. The van der Waals surface area contributed by atoms with Crippen LogP contribution in [0.3, 0.4) is 0 Å². The summed E-state index contributed by atoms with van der Waals surface area (Å²) in [5.41, 5.74) is 1.03. The monoisotopic (exact) mass is 490 g/mol. The van der Waals surface area contributed by atoms with Crippen LogP contribution in [0.5, 0.6) is 0 Å². The van der Waals surface area contributed by atoms with Gasteiger partial charge in [-0.1, -0.05) is 19.1 Å². The lowest BCUT2D eigenvalue weighted by Crippen LogP contribution is -2.52. The van der Waals surface area contributed by atoms with Crippen molar-refractivity contribution < 1.29 is 4.39 Å². The average Bonchev–Trinajstić information content (AvgIpc) is 3.13. The number of aliphatic imine (C=N–C) groups is 1. The summed E-state index contributed by atoms with van der Waals surface area (Å²) in [6.45, 7) is 6.25. The first-order valence-corrected chi connectivity index (χ1v) is 9.24. The summed E-state index contributed by atoms with van der Waals surface area (Å²) >= 11 is 1.47. The van der Waals surface area contributed by atoms with E-state index in [1.807, 2.05) is 0 Å². The fraction of sp³-hybridized carbons (Fsp3) is 0.471. The largest absolute Gasteiger partial charge is 0.352 e. The van der Waals surface area contributed by atoms with E-state index in [1.165, 1.54) is 23.7 Å². The van der Waals surface area contributed by atoms with Gasteiger partial charge in [-0.15, -0.1) is 24.0 Å². The number of anilines is 1. The number of nitrogens with one attached hydrogen (secondary N) is 1. The number of piperazine rings is 1. The molecule has 26 heavy (non-hydrogen) atoms. The molecular weight excluding hydrogens is 466 g/mol. The topological polar surface area (TPSA) is 56.7 Å². The predicted molar refractivity (Wildman–Crippen MR) is 115 cm³/mol. The first-order valence-electron chi connectivity index (χ1n) is 8.47. The van der Waals surface area contributed by atoms with Crippen LogP contribution >= 0.6 is 35.5 Å². The molecule has 0 aliphatic carbocycles. The number of hydrogen-bond donors (Lipinski definition) is 1. The molecule has 0 unspecified atom stereocenters. The normalized spacial score (nSPS) is 15.0. The SMILES string of the molecule is CCc1nsc(N2CCN(C(=NC)NCc3ccc(F)cc3)CC2)n1.I. The highest BCUT2D eigenvalue weighted by atomic mass is 127. The van der Waals surface area contributed by atoms with Crippen molar-refractivity contribution in [1.29, 1.82) is 0 Å². The highest BCUT2D eigenvalue weighted by Gasteiger charge is 2.21. The van der Waals surface area contributed by atoms with Crippen LogP contribution in [0.25, 0.3) is 0 Å². The molecule has 2 aromatic rings. The maximum Gasteiger partial charge on any atom is 0.205 e. The van der Waals surface area contributed by atoms with Crippen molar-refractivity contribution in [1.82, 2.24) is 19.6 Å². The molecule has 0 amide bonds. The number of halogens is 2. The van der Waals surface area contributed by atoms with E-state index >= 15 is 0 Å². The van der Waals surface area contributed by atoms with Gasteiger partial charge in [-0.25, -0.2) is 9.37 Å². The van der Waals surface area contributed by atoms with Gasteiger partial charge in [0.25, 0.3) is 0 Å². The maximum absolute atomic E-state index is 13.0. The van der Waals surface area contributed by atoms with Crippen LogP contribution in [-0.4, -0.2) is 53.4 Å². The van der Waals surface area contributed by atoms with E-state index in [0.717, 1.165) is 55.1 Å². The van der Waals surface area contributed by atoms with Gasteiger partial charge in [0.1, 0.15) is 11.6 Å². The van der Waals surface area contributed by atoms with Crippen LogP contribution in [0.4, 0.5) is 9.52 Å². The summed E-state index contributed by atoms with van der Waals surface area (Å²) in [7, 11) is 1.79. The molecule has 0 atom stereocenters. The summed E-state index contributed by atoms with van der Waals surface area (Å²) in [5, 5.41) is 4.36. The van der Waals surface area contributed by atoms with Gasteiger partial charge >= 0.3 is 0 Å². The molecule has 6 nitrogen and oxygen atoms in total. The molecule has 0 radical (unpaired) electrons. The molecule has 1 fully saturated rings. The Morgan fingerprint density at radius 2 is 1.92 bits per heavy atom. The number of benzene rings is 1. The Labute approximate surface area is 174 Å². The summed E-state index contributed by atoms with van der Waals surface area (Å²) in [5.74, 6) is 1.57. The second-order valence-electron chi connectivity index (χ2n) is 5.85. The third kappa shape index (κ3) is 5.26. The van der Waals surface area contributed by atoms with Gasteiger partial charge in [0.2, 0.25) is 5.13 Å². The van der Waals surface area contributed by atoms with Gasteiger partial charge < -0.3 is 15.1 Å². The Hall–Kier alpha value is -1.49. The Morgan fingerprint density at radius 1 is 1.23 bits per heavy atom. The Morgan fingerprint density at radius 3 is 2.50 bits per heavy atom. The van der Waals surface area contributed by atoms with Crippen LogP contribution in [-0.2, 0) is 13.0 Å². The fourth-order valence-corrected chi connectivity index (χ4v) is 3.54. The molecule has 9 heteroatoms. The molecule has 0 spiro atoms. The maximum atomic E-state index is 13.0. The minimum Gasteiger partial charge on any atom is -0.352 e. The van der Waals surface area contributed by atoms with Gasteiger partial charge in [0.15, 0.2) is 5.96 Å². The molecule has 0 saturated carbocycles. The standard InChI is InChI=1S/C17H23FN6S.HI/c1-3-15-21-17(25-22-15)24-10-8-23(9-11-24)16(19-2)20-12-13-4-6-14(18)7-5-13;/h4-7H,3,8-12H2,1-2H3,(H,19,20);1H. The van der Waals surface area contributed by atoms with Gasteiger partial charge in [0, 0.05) is 57.7 Å². The molecular formula is C17H24FIN6S. The molecule has 1 aromatic carbocycles. The van der Waals surface area contributed by atoms with Crippen LogP contribution < -0.4 is 10.2 Å². The first-order chi connectivity index (χ1) is 12.2. The zero-order chi connectivity index (χ0) is 17.6. The van der Waals surface area contributed by atoms with Crippen molar-refractivity contribution in [2.45, 2.75) is 19.9 Å². The van der Waals surface area contributed by atoms with Gasteiger partial charge in [-0.2, -0.15) is 4.37 Å². The quantitative estimate of drug-likeness (QED) is 0.406. The minimum absolute atomic E-state index is 0. The lowest BCUT2D eigenvalue weighted by Gasteiger charge is -2.36. The number of aromatic nitrogens is 2. The molecule has 0 bridgehead atoms. The lowest BCUT2D eigenvalue weighted by molar-refractivity contribution is 0.372. The third-order valence-corrected chi connectivity index (χ3v) is 5.01. The fourth-order valence-electron chi connectivity index (χ4n) is 2.74. The summed E-state index contributed by atoms with van der Waals surface area (Å²) in [6, 6.07) is 6.53. The number of hydrogen-bond acceptors (Lipinski definition) is 5. The summed E-state index contributed by atoms with van der Waals surface area (Å²) in [6.07, 6.45) is 0.871. The lowest BCUT2D eigenvalue weighted by atomic mass is 10.2. The molecule has 1 aliphatic heterocycles. The summed E-state index contributed by atoms with van der Waals surface area (Å²) in [4.78, 5) is 13.5. The highest BCUT2D eigenvalue weighted by Crippen LogP contribution is 2.19. The smallest absolute Gasteiger partial charge is 0.205 e. The molecule has 1 aliphatic rings. The Bertz CT molecular complexity index is 712. The van der Waals surface area contributed by atoms with Gasteiger partial charge in [-0.3, -0.25) is 4.99 Å². The molecule has 3 rings (SSSR count). The van der Waals surface area contributed by atoms with E-state index in [2.05, 4.69) is 36.4 Å². The van der Waals surface area contributed by atoms with Crippen molar-refractivity contribution >= 4 is 46.6 Å². The van der Waals surface area contributed by atoms with Crippen LogP contribution in [0.15, 0.2) is 29.3 Å². The average molecular weight is 490 g/mol. The van der Waals surface area contributed by atoms with Crippen molar-refractivity contribution in [3.05, 3.63) is 41.5 Å². The van der Waals surface area contributed by atoms with E-state index in [4.69, 9.17) is 0 Å². The van der Waals surface area contributed by atoms with Crippen molar-refractivity contribution in [3.63, 3.8) is 0 Å². The summed E-state index contributed by atoms with van der Waals surface area (Å²) < 4.78 is 17.3. The second kappa shape index (κ2) is 10.0. The third-order valence-electron chi connectivity index (χ3n) is 4.20. The Balaban J connectivity index is 0.00000243. The number of guanidine groups is 1. The zero-order valence-electron chi connectivity index (χ0n) is 15.0. The number of aryl methyl sites for hydroxylation is 1. The predicted octanol–water partition coefficient (Wildman–Crippen LogP) is 2.76. The van der Waals surface area contributed by atoms with Crippen molar-refractivity contribution in [2.24, 2.45) is 4.99 Å². The Kier molecular flexibility index (Phi) is 8.01. The van der Waals surface area contributed by atoms with Crippen LogP contribution in [0.1, 0.15) is 18.3 Å². The molecule has 1 saturated heterocycles. The van der Waals surface area contributed by atoms with E-state index in [9.17, 15) is 4.39 Å². The van der Waals surface area contributed by atoms with E-state index in [-0.39, 0.29) is 29.8 Å². The number of rotatable bonds is 4. The van der Waals surface area contributed by atoms with E-state index in [1.54, 1.807) is 19.2 Å². The van der Waals surface area contributed by atoms with Crippen molar-refractivity contribution in [2.75, 3.05) is 38.1 Å². The number of nitrogens with zero attached hydrogens (tertiary/aromatic N) is 5. The zero-order valence-corrected chi connectivity index (χ0v) is 18.1. The van der Waals surface area contributed by atoms with Gasteiger partial charge in [0.05, 0.1) is 0 Å². The van der Waals surface area contributed by atoms with Crippen molar-refractivity contribution in [3.8, 4) is 0 Å². The molecule has 1 aromatic heterocycles. The molecule has 1 N–H and O–H groups in total. The molecule has 142 valence electrons. The minimum atomic E-state index is -0.216. The first kappa shape index (κ1) is 20.8. The van der Waals surface area contributed by atoms with Gasteiger partial charge in [-0.05, 0) is 17.7 Å². The second-order valence-corrected chi connectivity index (χ2v) is 6.58. The van der Waals surface area contributed by atoms with Crippen LogP contribution in [0, 0.1) is 5.82 Å².